The minimum atomic E-state index is 0. The highest BCUT2D eigenvalue weighted by Crippen LogP contribution is 2.19. The summed E-state index contributed by atoms with van der Waals surface area (Å²) in [5.41, 5.74) is 8.67. The van der Waals surface area contributed by atoms with Crippen LogP contribution in [0, 0.1) is 0 Å². The summed E-state index contributed by atoms with van der Waals surface area (Å²) in [7, 11) is 0. The van der Waals surface area contributed by atoms with Crippen LogP contribution in [0.25, 0.3) is 0 Å². The Kier molecular flexibility index (Phi) is 7.26. The van der Waals surface area contributed by atoms with E-state index in [0.717, 1.165) is 37.9 Å². The Balaban J connectivity index is 0.00000225. The molecule has 0 amide bonds. The molecule has 1 aliphatic rings. The smallest absolute Gasteiger partial charge is 0.191 e. The Labute approximate surface area is 185 Å². The van der Waals surface area contributed by atoms with Gasteiger partial charge < -0.3 is 15.5 Å². The molecule has 0 unspecified atom stereocenters. The second-order valence-corrected chi connectivity index (χ2v) is 7.31. The second-order valence-electron chi connectivity index (χ2n) is 6.44. The van der Waals surface area contributed by atoms with Crippen molar-refractivity contribution in [3.63, 3.8) is 0 Å². The van der Waals surface area contributed by atoms with Crippen molar-refractivity contribution in [3.8, 4) is 0 Å². The molecular formula is C19H24IN7S. The summed E-state index contributed by atoms with van der Waals surface area (Å²) in [6.45, 7) is 4.88. The SMILES string of the molecule is I.NC(=NCc1ccccc1Cn1cccn1)N1CCN(c2nccs2)CC1. The van der Waals surface area contributed by atoms with Gasteiger partial charge in [0, 0.05) is 50.1 Å². The van der Waals surface area contributed by atoms with E-state index in [4.69, 9.17) is 5.73 Å². The van der Waals surface area contributed by atoms with Gasteiger partial charge in [0.05, 0.1) is 13.1 Å². The van der Waals surface area contributed by atoms with Crippen LogP contribution in [0.5, 0.6) is 0 Å². The Morgan fingerprint density at radius 1 is 1.07 bits per heavy atom. The number of guanidine groups is 1. The summed E-state index contributed by atoms with van der Waals surface area (Å²) < 4.78 is 1.92. The minimum Gasteiger partial charge on any atom is -0.370 e. The summed E-state index contributed by atoms with van der Waals surface area (Å²) in [6, 6.07) is 10.3. The van der Waals surface area contributed by atoms with E-state index in [1.165, 1.54) is 11.1 Å². The minimum absolute atomic E-state index is 0. The van der Waals surface area contributed by atoms with E-state index < -0.39 is 0 Å². The third-order valence-corrected chi connectivity index (χ3v) is 5.55. The van der Waals surface area contributed by atoms with E-state index in [0.29, 0.717) is 12.5 Å². The summed E-state index contributed by atoms with van der Waals surface area (Å²) in [6.07, 6.45) is 5.61. The predicted octanol–water partition coefficient (Wildman–Crippen LogP) is 2.64. The van der Waals surface area contributed by atoms with Crippen molar-refractivity contribution in [1.29, 1.82) is 0 Å². The highest BCUT2D eigenvalue weighted by molar-refractivity contribution is 14.0. The van der Waals surface area contributed by atoms with Crippen LogP contribution in [0.15, 0.2) is 59.3 Å². The van der Waals surface area contributed by atoms with Gasteiger partial charge in [0.1, 0.15) is 0 Å². The summed E-state index contributed by atoms with van der Waals surface area (Å²) in [4.78, 5) is 13.5. The molecule has 148 valence electrons. The molecule has 0 spiro atoms. The molecule has 2 aromatic heterocycles. The van der Waals surface area contributed by atoms with Crippen molar-refractivity contribution >= 4 is 46.4 Å². The third-order valence-electron chi connectivity index (χ3n) is 4.71. The van der Waals surface area contributed by atoms with Gasteiger partial charge >= 0.3 is 0 Å². The summed E-state index contributed by atoms with van der Waals surface area (Å²) in [5.74, 6) is 0.614. The van der Waals surface area contributed by atoms with Gasteiger partial charge in [0.15, 0.2) is 11.1 Å². The first-order chi connectivity index (χ1) is 13.3. The average Bonchev–Trinajstić information content (AvgIpc) is 3.41. The quantitative estimate of drug-likeness (QED) is 0.325. The lowest BCUT2D eigenvalue weighted by molar-refractivity contribution is 0.380. The maximum atomic E-state index is 6.27. The van der Waals surface area contributed by atoms with Gasteiger partial charge in [-0.05, 0) is 17.2 Å². The van der Waals surface area contributed by atoms with Crippen LogP contribution in [0.4, 0.5) is 5.13 Å². The number of hydrogen-bond acceptors (Lipinski definition) is 5. The maximum Gasteiger partial charge on any atom is 0.191 e. The molecular weight excluding hydrogens is 485 g/mol. The number of benzene rings is 1. The largest absolute Gasteiger partial charge is 0.370 e. The molecule has 3 heterocycles. The molecule has 0 aliphatic carbocycles. The van der Waals surface area contributed by atoms with Crippen LogP contribution in [0.2, 0.25) is 0 Å². The molecule has 4 rings (SSSR count). The molecule has 0 saturated carbocycles. The van der Waals surface area contributed by atoms with Gasteiger partial charge in [-0.25, -0.2) is 9.98 Å². The molecule has 28 heavy (non-hydrogen) atoms. The Bertz CT molecular complexity index is 872. The van der Waals surface area contributed by atoms with Crippen molar-refractivity contribution in [2.24, 2.45) is 10.7 Å². The first-order valence-electron chi connectivity index (χ1n) is 9.03. The number of aromatic nitrogens is 3. The van der Waals surface area contributed by atoms with Gasteiger partial charge in [-0.2, -0.15) is 5.10 Å². The molecule has 3 aromatic rings. The number of nitrogens with two attached hydrogens (primary N) is 1. The van der Waals surface area contributed by atoms with Gasteiger partial charge in [-0.15, -0.1) is 35.3 Å². The van der Waals surface area contributed by atoms with Crippen LogP contribution < -0.4 is 10.6 Å². The van der Waals surface area contributed by atoms with E-state index in [2.05, 4.69) is 37.0 Å². The molecule has 7 nitrogen and oxygen atoms in total. The lowest BCUT2D eigenvalue weighted by Gasteiger charge is -2.35. The highest BCUT2D eigenvalue weighted by atomic mass is 127. The molecule has 1 aromatic carbocycles. The zero-order chi connectivity index (χ0) is 18.5. The molecule has 0 bridgehead atoms. The number of anilines is 1. The lowest BCUT2D eigenvalue weighted by Crippen LogP contribution is -2.51. The summed E-state index contributed by atoms with van der Waals surface area (Å²) >= 11 is 1.68. The monoisotopic (exact) mass is 509 g/mol. The number of thiazole rings is 1. The Morgan fingerprint density at radius 3 is 2.54 bits per heavy atom. The molecule has 1 saturated heterocycles. The second kappa shape index (κ2) is 9.87. The van der Waals surface area contributed by atoms with Crippen molar-refractivity contribution in [1.82, 2.24) is 19.7 Å². The standard InChI is InChI=1S/C19H23N7S.HI/c20-18(24-9-11-25(12-10-24)19-21-7-13-27-19)22-14-16-4-1-2-5-17(16)15-26-8-3-6-23-26;/h1-8,13H,9-12,14-15H2,(H2,20,22);1H. The van der Waals surface area contributed by atoms with Crippen molar-refractivity contribution in [3.05, 3.63) is 65.4 Å². The third kappa shape index (κ3) is 5.02. The number of piperazine rings is 1. The zero-order valence-corrected chi connectivity index (χ0v) is 18.7. The number of rotatable bonds is 5. The lowest BCUT2D eigenvalue weighted by atomic mass is 10.1. The number of nitrogens with zero attached hydrogens (tertiary/aromatic N) is 6. The fourth-order valence-corrected chi connectivity index (χ4v) is 3.90. The molecule has 1 aliphatic heterocycles. The van der Waals surface area contributed by atoms with E-state index in [1.54, 1.807) is 17.5 Å². The van der Waals surface area contributed by atoms with Gasteiger partial charge in [-0.1, -0.05) is 24.3 Å². The first-order valence-corrected chi connectivity index (χ1v) is 9.91. The van der Waals surface area contributed by atoms with Crippen molar-refractivity contribution in [2.45, 2.75) is 13.1 Å². The van der Waals surface area contributed by atoms with Crippen LogP contribution in [-0.4, -0.2) is 51.8 Å². The first kappa shape index (κ1) is 20.6. The Hall–Kier alpha value is -2.14. The molecule has 1 fully saturated rings. The molecule has 2 N–H and O–H groups in total. The fraction of sp³-hybridized carbons (Fsp3) is 0.316. The zero-order valence-electron chi connectivity index (χ0n) is 15.5. The van der Waals surface area contributed by atoms with Crippen molar-refractivity contribution < 1.29 is 0 Å². The van der Waals surface area contributed by atoms with Gasteiger partial charge in [0.2, 0.25) is 0 Å². The predicted molar refractivity (Wildman–Crippen MR) is 124 cm³/mol. The van der Waals surface area contributed by atoms with E-state index in [1.807, 2.05) is 40.7 Å². The molecule has 0 atom stereocenters. The summed E-state index contributed by atoms with van der Waals surface area (Å²) in [5, 5.41) is 7.38. The normalized spacial score (nSPS) is 14.8. The number of halogens is 1. The van der Waals surface area contributed by atoms with Gasteiger partial charge in [0.25, 0.3) is 0 Å². The van der Waals surface area contributed by atoms with E-state index >= 15 is 0 Å². The Morgan fingerprint density at radius 2 is 1.86 bits per heavy atom. The molecule has 9 heteroatoms. The van der Waals surface area contributed by atoms with Crippen molar-refractivity contribution in [2.75, 3.05) is 31.1 Å². The van der Waals surface area contributed by atoms with E-state index in [9.17, 15) is 0 Å². The maximum absolute atomic E-state index is 6.27. The van der Waals surface area contributed by atoms with Crippen LogP contribution in [-0.2, 0) is 13.1 Å². The van der Waals surface area contributed by atoms with Crippen LogP contribution in [0.1, 0.15) is 11.1 Å². The fourth-order valence-electron chi connectivity index (χ4n) is 3.20. The topological polar surface area (TPSA) is 75.6 Å². The highest BCUT2D eigenvalue weighted by Gasteiger charge is 2.19. The van der Waals surface area contributed by atoms with Gasteiger partial charge in [-0.3, -0.25) is 4.68 Å². The van der Waals surface area contributed by atoms with Crippen LogP contribution in [0.3, 0.4) is 0 Å². The van der Waals surface area contributed by atoms with E-state index in [-0.39, 0.29) is 24.0 Å². The average molecular weight is 509 g/mol. The number of hydrogen-bond donors (Lipinski definition) is 1. The van der Waals surface area contributed by atoms with Crippen LogP contribution >= 0.6 is 35.3 Å². The molecule has 0 radical (unpaired) electrons. The number of aliphatic imine (C=N–C) groups is 1.